The number of thiophene rings is 1. The van der Waals surface area contributed by atoms with E-state index in [4.69, 9.17) is 17.3 Å². The number of nitrogens with two attached hydrogens (primary N) is 1. The molecule has 2 aromatic heterocycles. The first-order valence-corrected chi connectivity index (χ1v) is 7.48. The molecule has 22 heavy (non-hydrogen) atoms. The number of hydrogen-bond acceptors (Lipinski definition) is 5. The Bertz CT molecular complexity index is 895. The molecular formula is C15H10ClFN2O2S. The fourth-order valence-corrected chi connectivity index (χ4v) is 3.08. The summed E-state index contributed by atoms with van der Waals surface area (Å²) in [5.74, 6) is -1.17. The largest absolute Gasteiger partial charge is 0.464 e. The lowest BCUT2D eigenvalue weighted by molar-refractivity contribution is 0.0594. The van der Waals surface area contributed by atoms with E-state index in [-0.39, 0.29) is 27.7 Å². The molecule has 0 unspecified atom stereocenters. The second-order valence-corrected chi connectivity index (χ2v) is 5.87. The van der Waals surface area contributed by atoms with Crippen molar-refractivity contribution in [2.24, 2.45) is 0 Å². The molecule has 4 nitrogen and oxygen atoms in total. The van der Waals surface area contributed by atoms with Crippen LogP contribution >= 0.6 is 22.9 Å². The summed E-state index contributed by atoms with van der Waals surface area (Å²) in [6.45, 7) is 0. The van der Waals surface area contributed by atoms with E-state index in [1.165, 1.54) is 30.6 Å². The number of halogens is 2. The molecule has 0 aliphatic heterocycles. The van der Waals surface area contributed by atoms with Gasteiger partial charge in [-0.15, -0.1) is 11.3 Å². The van der Waals surface area contributed by atoms with E-state index in [2.05, 4.69) is 9.72 Å². The van der Waals surface area contributed by atoms with Crippen molar-refractivity contribution in [2.45, 2.75) is 0 Å². The topological polar surface area (TPSA) is 65.2 Å². The molecule has 0 fully saturated rings. The van der Waals surface area contributed by atoms with Crippen LogP contribution in [0, 0.1) is 5.82 Å². The molecule has 0 saturated carbocycles. The fraction of sp³-hybridized carbons (Fsp3) is 0.0667. The third-order valence-corrected chi connectivity index (χ3v) is 4.46. The van der Waals surface area contributed by atoms with Crippen LogP contribution in [0.5, 0.6) is 0 Å². The number of carbonyl (C=O) groups excluding carboxylic acids is 1. The van der Waals surface area contributed by atoms with Gasteiger partial charge in [0.25, 0.3) is 0 Å². The van der Waals surface area contributed by atoms with Crippen molar-refractivity contribution in [1.29, 1.82) is 0 Å². The van der Waals surface area contributed by atoms with Gasteiger partial charge in [-0.05, 0) is 35.0 Å². The van der Waals surface area contributed by atoms with Gasteiger partial charge in [0.1, 0.15) is 5.82 Å². The highest BCUT2D eigenvalue weighted by atomic mass is 35.5. The summed E-state index contributed by atoms with van der Waals surface area (Å²) in [5, 5.41) is 2.67. The smallest absolute Gasteiger partial charge is 0.358 e. The minimum atomic E-state index is -0.726. The average Bonchev–Trinajstić information content (AvgIpc) is 2.95. The minimum Gasteiger partial charge on any atom is -0.464 e. The number of nitrogens with zero attached hydrogens (tertiary/aromatic N) is 1. The van der Waals surface area contributed by atoms with Crippen molar-refractivity contribution < 1.29 is 13.9 Å². The molecular weight excluding hydrogens is 327 g/mol. The van der Waals surface area contributed by atoms with Crippen LogP contribution in [0.4, 0.5) is 10.1 Å². The SMILES string of the molecule is COC(=O)c1nc(-c2cc3sccc3cc2F)cc(N)c1Cl. The van der Waals surface area contributed by atoms with Gasteiger partial charge in [-0.1, -0.05) is 11.6 Å². The maximum atomic E-state index is 14.3. The maximum Gasteiger partial charge on any atom is 0.358 e. The highest BCUT2D eigenvalue weighted by Crippen LogP contribution is 2.33. The highest BCUT2D eigenvalue weighted by molar-refractivity contribution is 7.17. The van der Waals surface area contributed by atoms with Crippen LogP contribution in [-0.4, -0.2) is 18.1 Å². The molecule has 112 valence electrons. The molecule has 0 aliphatic carbocycles. The number of hydrogen-bond donors (Lipinski definition) is 1. The number of benzene rings is 1. The molecule has 3 rings (SSSR count). The Morgan fingerprint density at radius 2 is 2.18 bits per heavy atom. The van der Waals surface area contributed by atoms with Gasteiger partial charge in [0, 0.05) is 10.3 Å². The fourth-order valence-electron chi connectivity index (χ4n) is 2.10. The standard InChI is InChI=1S/C15H10ClFN2O2S/c1-21-15(20)14-13(16)10(18)6-11(19-14)8-5-12-7(2-3-22-12)4-9(8)17/h2-6H,1H3,(H2,18,19). The summed E-state index contributed by atoms with van der Waals surface area (Å²) in [5.41, 5.74) is 6.28. The van der Waals surface area contributed by atoms with E-state index >= 15 is 0 Å². The summed E-state index contributed by atoms with van der Waals surface area (Å²) >= 11 is 7.45. The Labute approximate surface area is 134 Å². The zero-order chi connectivity index (χ0) is 15.9. The van der Waals surface area contributed by atoms with Crippen molar-refractivity contribution in [1.82, 2.24) is 4.98 Å². The number of anilines is 1. The maximum absolute atomic E-state index is 14.3. The summed E-state index contributed by atoms with van der Waals surface area (Å²) in [6, 6.07) is 6.36. The van der Waals surface area contributed by atoms with Crippen LogP contribution in [0.15, 0.2) is 29.6 Å². The van der Waals surface area contributed by atoms with E-state index in [1.807, 2.05) is 11.4 Å². The van der Waals surface area contributed by atoms with Gasteiger partial charge in [0.05, 0.1) is 23.5 Å². The predicted molar refractivity (Wildman–Crippen MR) is 85.8 cm³/mol. The molecule has 2 heterocycles. The number of ether oxygens (including phenoxy) is 1. The molecule has 0 spiro atoms. The van der Waals surface area contributed by atoms with Crippen molar-refractivity contribution >= 4 is 44.7 Å². The molecule has 2 N–H and O–H groups in total. The van der Waals surface area contributed by atoms with Crippen molar-refractivity contribution in [3.8, 4) is 11.3 Å². The Balaban J connectivity index is 2.23. The molecule has 0 amide bonds. The number of esters is 1. The average molecular weight is 337 g/mol. The second kappa shape index (κ2) is 5.55. The molecule has 3 aromatic rings. The number of pyridine rings is 1. The van der Waals surface area contributed by atoms with E-state index in [1.54, 1.807) is 6.07 Å². The third-order valence-electron chi connectivity index (χ3n) is 3.18. The van der Waals surface area contributed by atoms with Gasteiger partial charge < -0.3 is 10.5 Å². The zero-order valence-corrected chi connectivity index (χ0v) is 13.0. The summed E-state index contributed by atoms with van der Waals surface area (Å²) < 4.78 is 19.8. The van der Waals surface area contributed by atoms with Crippen LogP contribution in [0.1, 0.15) is 10.5 Å². The number of fused-ring (bicyclic) bond motifs is 1. The summed E-state index contributed by atoms with van der Waals surface area (Å²) in [6.07, 6.45) is 0. The first-order chi connectivity index (χ1) is 10.5. The van der Waals surface area contributed by atoms with E-state index in [0.717, 1.165) is 10.1 Å². The summed E-state index contributed by atoms with van der Waals surface area (Å²) in [4.78, 5) is 15.8. The lowest BCUT2D eigenvalue weighted by Crippen LogP contribution is -2.08. The first-order valence-electron chi connectivity index (χ1n) is 6.22. The number of carbonyl (C=O) groups is 1. The van der Waals surface area contributed by atoms with Gasteiger partial charge >= 0.3 is 5.97 Å². The minimum absolute atomic E-state index is 0.00629. The molecule has 0 bridgehead atoms. The van der Waals surface area contributed by atoms with Crippen molar-refractivity contribution in [3.05, 3.63) is 46.2 Å². The highest BCUT2D eigenvalue weighted by Gasteiger charge is 2.19. The molecule has 0 atom stereocenters. The lowest BCUT2D eigenvalue weighted by Gasteiger charge is -2.09. The predicted octanol–water partition coefficient (Wildman–Crippen LogP) is 4.12. The van der Waals surface area contributed by atoms with Crippen LogP contribution in [-0.2, 0) is 4.74 Å². The van der Waals surface area contributed by atoms with Gasteiger partial charge in [0.2, 0.25) is 0 Å². The van der Waals surface area contributed by atoms with E-state index in [9.17, 15) is 9.18 Å². The molecule has 0 saturated heterocycles. The van der Waals surface area contributed by atoms with Crippen LogP contribution in [0.2, 0.25) is 5.02 Å². The summed E-state index contributed by atoms with van der Waals surface area (Å²) in [7, 11) is 1.21. The quantitative estimate of drug-likeness (QED) is 0.715. The normalized spacial score (nSPS) is 10.9. The second-order valence-electron chi connectivity index (χ2n) is 4.54. The van der Waals surface area contributed by atoms with Gasteiger partial charge in [-0.25, -0.2) is 14.2 Å². The van der Waals surface area contributed by atoms with Crippen LogP contribution in [0.25, 0.3) is 21.3 Å². The Kier molecular flexibility index (Phi) is 3.72. The van der Waals surface area contributed by atoms with Crippen molar-refractivity contribution in [3.63, 3.8) is 0 Å². The number of rotatable bonds is 2. The van der Waals surface area contributed by atoms with Crippen LogP contribution < -0.4 is 5.73 Å². The van der Waals surface area contributed by atoms with E-state index < -0.39 is 11.8 Å². The van der Waals surface area contributed by atoms with Crippen molar-refractivity contribution in [2.75, 3.05) is 12.8 Å². The third kappa shape index (κ3) is 2.40. The number of methoxy groups -OCH3 is 1. The van der Waals surface area contributed by atoms with E-state index in [0.29, 0.717) is 0 Å². The molecule has 1 aromatic carbocycles. The number of aromatic nitrogens is 1. The zero-order valence-electron chi connectivity index (χ0n) is 11.4. The molecule has 7 heteroatoms. The number of nitrogen functional groups attached to an aromatic ring is 1. The molecule has 0 aliphatic rings. The van der Waals surface area contributed by atoms with Gasteiger partial charge in [-0.2, -0.15) is 0 Å². The Morgan fingerprint density at radius 1 is 1.41 bits per heavy atom. The van der Waals surface area contributed by atoms with Gasteiger partial charge in [-0.3, -0.25) is 0 Å². The Morgan fingerprint density at radius 3 is 2.91 bits per heavy atom. The van der Waals surface area contributed by atoms with Gasteiger partial charge in [0.15, 0.2) is 5.69 Å². The molecule has 0 radical (unpaired) electrons. The Hall–Kier alpha value is -2.18. The van der Waals surface area contributed by atoms with Crippen LogP contribution in [0.3, 0.4) is 0 Å². The first kappa shape index (κ1) is 14.7. The monoisotopic (exact) mass is 336 g/mol. The lowest BCUT2D eigenvalue weighted by atomic mass is 10.1.